The molecule has 0 unspecified atom stereocenters. The van der Waals surface area contributed by atoms with Crippen molar-refractivity contribution in [2.24, 2.45) is 0 Å². The second kappa shape index (κ2) is 7.12. The Hall–Kier alpha value is -1.90. The van der Waals surface area contributed by atoms with E-state index < -0.39 is 15.9 Å². The number of carbonyl (C=O) groups is 1. The normalized spacial score (nSPS) is 11.4. The van der Waals surface area contributed by atoms with Crippen molar-refractivity contribution in [1.29, 1.82) is 0 Å². The van der Waals surface area contributed by atoms with Crippen molar-refractivity contribution in [2.45, 2.75) is 25.3 Å². The Kier molecular flexibility index (Phi) is 5.40. The number of amides is 1. The molecular weight excluding hydrogens is 342 g/mol. The van der Waals surface area contributed by atoms with Gasteiger partial charge >= 0.3 is 0 Å². The van der Waals surface area contributed by atoms with Gasteiger partial charge in [0.2, 0.25) is 15.9 Å². The summed E-state index contributed by atoms with van der Waals surface area (Å²) in [6.07, 6.45) is 0. The summed E-state index contributed by atoms with van der Waals surface area (Å²) in [5.41, 5.74) is 1.10. The van der Waals surface area contributed by atoms with Crippen molar-refractivity contribution >= 4 is 27.5 Å². The molecule has 124 valence electrons. The molecule has 1 aromatic heterocycles. The summed E-state index contributed by atoms with van der Waals surface area (Å²) >= 11 is 5.77. The number of hydrogen-bond acceptors (Lipinski definition) is 5. The molecule has 0 bridgehead atoms. The maximum atomic E-state index is 12.1. The number of hydrogen-bond donors (Lipinski definition) is 2. The van der Waals surface area contributed by atoms with Gasteiger partial charge < -0.3 is 9.84 Å². The number of aromatic nitrogens is 1. The number of benzene rings is 1. The van der Waals surface area contributed by atoms with Gasteiger partial charge in [-0.1, -0.05) is 28.9 Å². The van der Waals surface area contributed by atoms with E-state index in [0.29, 0.717) is 5.02 Å². The topological polar surface area (TPSA) is 101 Å². The summed E-state index contributed by atoms with van der Waals surface area (Å²) in [4.78, 5) is 11.7. The van der Waals surface area contributed by atoms with E-state index in [4.69, 9.17) is 16.1 Å². The highest BCUT2D eigenvalue weighted by atomic mass is 35.5. The molecule has 0 aliphatic rings. The Morgan fingerprint density at radius 2 is 1.91 bits per heavy atom. The first-order valence-corrected chi connectivity index (χ1v) is 8.59. The van der Waals surface area contributed by atoms with Gasteiger partial charge in [-0.25, -0.2) is 13.1 Å². The zero-order valence-electron chi connectivity index (χ0n) is 12.6. The first kappa shape index (κ1) is 17.5. The van der Waals surface area contributed by atoms with E-state index in [9.17, 15) is 13.2 Å². The number of nitrogens with one attached hydrogen (secondary N) is 2. The van der Waals surface area contributed by atoms with Crippen molar-refractivity contribution in [1.82, 2.24) is 15.2 Å². The number of aryl methyl sites for hydroxylation is 2. The quantitative estimate of drug-likeness (QED) is 0.816. The zero-order chi connectivity index (χ0) is 17.0. The summed E-state index contributed by atoms with van der Waals surface area (Å²) < 4.78 is 31.3. The number of rotatable bonds is 6. The van der Waals surface area contributed by atoms with Crippen LogP contribution >= 0.6 is 11.6 Å². The number of sulfonamides is 1. The smallest absolute Gasteiger partial charge is 0.246 e. The average Bonchev–Trinajstić information content (AvgIpc) is 2.84. The van der Waals surface area contributed by atoms with Gasteiger partial charge in [0, 0.05) is 11.6 Å². The van der Waals surface area contributed by atoms with Gasteiger partial charge in [0.15, 0.2) is 5.76 Å². The maximum Gasteiger partial charge on any atom is 0.246 e. The average molecular weight is 358 g/mol. The first-order valence-electron chi connectivity index (χ1n) is 6.73. The lowest BCUT2D eigenvalue weighted by Gasteiger charge is -2.08. The minimum atomic E-state index is -3.85. The first-order chi connectivity index (χ1) is 10.8. The summed E-state index contributed by atoms with van der Waals surface area (Å²) in [5.74, 6) is -0.271. The minimum Gasteiger partial charge on any atom is -0.360 e. The van der Waals surface area contributed by atoms with Crippen LogP contribution in [0.15, 0.2) is 33.7 Å². The maximum absolute atomic E-state index is 12.1. The predicted octanol–water partition coefficient (Wildman–Crippen LogP) is 1.54. The molecule has 0 saturated heterocycles. The highest BCUT2D eigenvalue weighted by Gasteiger charge is 2.24. The fourth-order valence-electron chi connectivity index (χ4n) is 1.96. The van der Waals surface area contributed by atoms with Gasteiger partial charge in [-0.15, -0.1) is 0 Å². The number of nitrogens with zero attached hydrogens (tertiary/aromatic N) is 1. The van der Waals surface area contributed by atoms with Crippen molar-refractivity contribution in [3.63, 3.8) is 0 Å². The van der Waals surface area contributed by atoms with E-state index in [-0.39, 0.29) is 29.4 Å². The van der Waals surface area contributed by atoms with Crippen LogP contribution in [-0.4, -0.2) is 26.0 Å². The SMILES string of the molecule is Cc1noc(C)c1S(=O)(=O)NCC(=O)NCc1ccc(Cl)cc1. The zero-order valence-corrected chi connectivity index (χ0v) is 14.2. The molecule has 7 nitrogen and oxygen atoms in total. The van der Waals surface area contributed by atoms with Crippen LogP contribution in [0.4, 0.5) is 0 Å². The van der Waals surface area contributed by atoms with Crippen molar-refractivity contribution < 1.29 is 17.7 Å². The van der Waals surface area contributed by atoms with Crippen LogP contribution in [0.5, 0.6) is 0 Å². The minimum absolute atomic E-state index is 0.0389. The van der Waals surface area contributed by atoms with Crippen LogP contribution < -0.4 is 10.0 Å². The fraction of sp³-hybridized carbons (Fsp3) is 0.286. The number of carbonyl (C=O) groups excluding carboxylic acids is 1. The Balaban J connectivity index is 1.90. The van der Waals surface area contributed by atoms with Gasteiger partial charge in [0.1, 0.15) is 10.6 Å². The molecule has 2 aromatic rings. The lowest BCUT2D eigenvalue weighted by Crippen LogP contribution is -2.36. The summed E-state index contributed by atoms with van der Waals surface area (Å²) in [6, 6.07) is 6.97. The highest BCUT2D eigenvalue weighted by Crippen LogP contribution is 2.18. The largest absolute Gasteiger partial charge is 0.360 e. The van der Waals surface area contributed by atoms with Gasteiger partial charge in [0.25, 0.3) is 0 Å². The molecule has 0 aliphatic heterocycles. The van der Waals surface area contributed by atoms with E-state index in [2.05, 4.69) is 15.2 Å². The summed E-state index contributed by atoms with van der Waals surface area (Å²) in [6.45, 7) is 2.92. The van der Waals surface area contributed by atoms with E-state index in [1.165, 1.54) is 13.8 Å². The van der Waals surface area contributed by atoms with Crippen molar-refractivity contribution in [3.05, 3.63) is 46.3 Å². The van der Waals surface area contributed by atoms with E-state index in [0.717, 1.165) is 5.56 Å². The third-order valence-electron chi connectivity index (χ3n) is 3.06. The van der Waals surface area contributed by atoms with Gasteiger partial charge in [0.05, 0.1) is 6.54 Å². The molecule has 0 atom stereocenters. The predicted molar refractivity (Wildman–Crippen MR) is 84.5 cm³/mol. The molecule has 23 heavy (non-hydrogen) atoms. The molecule has 0 aliphatic carbocycles. The summed E-state index contributed by atoms with van der Waals surface area (Å²) in [7, 11) is -3.85. The van der Waals surface area contributed by atoms with E-state index >= 15 is 0 Å². The third kappa shape index (κ3) is 4.54. The molecule has 2 N–H and O–H groups in total. The van der Waals surface area contributed by atoms with Crippen LogP contribution in [0.25, 0.3) is 0 Å². The molecule has 0 spiro atoms. The molecule has 1 heterocycles. The Bertz CT molecular complexity index is 780. The molecule has 2 rings (SSSR count). The molecule has 1 amide bonds. The van der Waals surface area contributed by atoms with E-state index in [1.54, 1.807) is 24.3 Å². The van der Waals surface area contributed by atoms with Gasteiger partial charge in [-0.3, -0.25) is 4.79 Å². The standard InChI is InChI=1S/C14H16ClN3O4S/c1-9-14(10(2)22-18-9)23(20,21)17-8-13(19)16-7-11-3-5-12(15)6-4-11/h3-6,17H,7-8H2,1-2H3,(H,16,19). The van der Waals surface area contributed by atoms with Crippen LogP contribution in [0.3, 0.4) is 0 Å². The van der Waals surface area contributed by atoms with Crippen LogP contribution in [0.1, 0.15) is 17.0 Å². The second-order valence-electron chi connectivity index (χ2n) is 4.88. The Morgan fingerprint density at radius 3 is 2.48 bits per heavy atom. The second-order valence-corrected chi connectivity index (χ2v) is 7.02. The van der Waals surface area contributed by atoms with Gasteiger partial charge in [-0.2, -0.15) is 0 Å². The molecule has 0 fully saturated rings. The van der Waals surface area contributed by atoms with E-state index in [1.807, 2.05) is 0 Å². The lowest BCUT2D eigenvalue weighted by atomic mass is 10.2. The molecular formula is C14H16ClN3O4S. The highest BCUT2D eigenvalue weighted by molar-refractivity contribution is 7.89. The van der Waals surface area contributed by atoms with Crippen molar-refractivity contribution in [3.8, 4) is 0 Å². The van der Waals surface area contributed by atoms with Crippen molar-refractivity contribution in [2.75, 3.05) is 6.54 Å². The molecule has 0 saturated carbocycles. The van der Waals surface area contributed by atoms with Crippen LogP contribution in [0.2, 0.25) is 5.02 Å². The molecule has 9 heteroatoms. The van der Waals surface area contributed by atoms with Gasteiger partial charge in [-0.05, 0) is 31.5 Å². The lowest BCUT2D eigenvalue weighted by molar-refractivity contribution is -0.120. The van der Waals surface area contributed by atoms with Crippen LogP contribution in [-0.2, 0) is 21.4 Å². The fourth-order valence-corrected chi connectivity index (χ4v) is 3.39. The van der Waals surface area contributed by atoms with Crippen LogP contribution in [0, 0.1) is 13.8 Å². The Labute approximate surface area is 139 Å². The number of halogens is 1. The summed E-state index contributed by atoms with van der Waals surface area (Å²) in [5, 5.41) is 6.81. The monoisotopic (exact) mass is 357 g/mol. The Morgan fingerprint density at radius 1 is 1.26 bits per heavy atom. The third-order valence-corrected chi connectivity index (χ3v) is 4.96. The molecule has 0 radical (unpaired) electrons. The molecule has 1 aromatic carbocycles.